The molecule has 130 valence electrons. The molecule has 25 heavy (non-hydrogen) atoms. The van der Waals surface area contributed by atoms with Crippen LogP contribution >= 0.6 is 0 Å². The summed E-state index contributed by atoms with van der Waals surface area (Å²) in [5.41, 5.74) is 3.97. The maximum Gasteiger partial charge on any atom is 0.253 e. The van der Waals surface area contributed by atoms with Crippen molar-refractivity contribution >= 4 is 5.91 Å². The van der Waals surface area contributed by atoms with Crippen molar-refractivity contribution in [3.8, 4) is 11.3 Å². The van der Waals surface area contributed by atoms with Crippen LogP contribution in [0, 0.1) is 0 Å². The number of likely N-dealkylation sites (tertiary alicyclic amines) is 1. The molecule has 0 saturated carbocycles. The predicted octanol–water partition coefficient (Wildman–Crippen LogP) is 3.42. The molecule has 0 radical (unpaired) electrons. The van der Waals surface area contributed by atoms with E-state index in [1.54, 1.807) is 6.20 Å². The van der Waals surface area contributed by atoms with E-state index in [1.807, 2.05) is 35.2 Å². The Morgan fingerprint density at radius 2 is 1.96 bits per heavy atom. The monoisotopic (exact) mass is 337 g/mol. The van der Waals surface area contributed by atoms with E-state index in [0.29, 0.717) is 0 Å². The average molecular weight is 337 g/mol. The molecule has 5 nitrogen and oxygen atoms in total. The first-order chi connectivity index (χ1) is 12.2. The number of aromatic nitrogens is 2. The largest absolute Gasteiger partial charge is 0.370 e. The van der Waals surface area contributed by atoms with Gasteiger partial charge in [0, 0.05) is 24.8 Å². The fraction of sp³-hybridized carbons (Fsp3) is 0.400. The molecule has 1 aromatic carbocycles. The van der Waals surface area contributed by atoms with E-state index in [2.05, 4.69) is 23.2 Å². The number of rotatable bonds is 2. The maximum absolute atomic E-state index is 12.8. The highest BCUT2D eigenvalue weighted by Gasteiger charge is 2.36. The number of hydrogen-bond acceptors (Lipinski definition) is 3. The first-order valence-corrected chi connectivity index (χ1v) is 8.87. The summed E-state index contributed by atoms with van der Waals surface area (Å²) in [6.45, 7) is 4.45. The normalized spacial score (nSPS) is 19.7. The number of amides is 1. The summed E-state index contributed by atoms with van der Waals surface area (Å²) in [6, 6.07) is 9.62. The summed E-state index contributed by atoms with van der Waals surface area (Å²) in [7, 11) is 0. The number of nitrogens with zero attached hydrogens (tertiary/aromatic N) is 2. The van der Waals surface area contributed by atoms with Crippen LogP contribution in [0.15, 0.2) is 48.2 Å². The van der Waals surface area contributed by atoms with Gasteiger partial charge in [0.15, 0.2) is 0 Å². The highest BCUT2D eigenvalue weighted by atomic mass is 16.5. The zero-order chi connectivity index (χ0) is 17.3. The van der Waals surface area contributed by atoms with Gasteiger partial charge in [-0.2, -0.15) is 5.10 Å². The van der Waals surface area contributed by atoms with Gasteiger partial charge in [-0.1, -0.05) is 23.8 Å². The van der Waals surface area contributed by atoms with Crippen molar-refractivity contribution < 1.29 is 9.53 Å². The van der Waals surface area contributed by atoms with Crippen molar-refractivity contribution in [2.45, 2.75) is 31.8 Å². The molecule has 0 atom stereocenters. The van der Waals surface area contributed by atoms with Gasteiger partial charge in [0.05, 0.1) is 17.9 Å². The molecule has 1 N–H and O–H groups in total. The fourth-order valence-electron chi connectivity index (χ4n) is 3.75. The van der Waals surface area contributed by atoms with Gasteiger partial charge in [-0.3, -0.25) is 9.89 Å². The second kappa shape index (κ2) is 6.48. The maximum atomic E-state index is 12.8. The number of aromatic amines is 1. The molecule has 3 heterocycles. The van der Waals surface area contributed by atoms with Crippen molar-refractivity contribution in [2.75, 3.05) is 19.7 Å². The lowest BCUT2D eigenvalue weighted by Gasteiger charge is -2.42. The van der Waals surface area contributed by atoms with E-state index in [4.69, 9.17) is 4.74 Å². The highest BCUT2D eigenvalue weighted by molar-refractivity contribution is 5.94. The molecular formula is C20H23N3O2. The lowest BCUT2D eigenvalue weighted by atomic mass is 9.87. The van der Waals surface area contributed by atoms with Gasteiger partial charge in [-0.05, 0) is 49.9 Å². The summed E-state index contributed by atoms with van der Waals surface area (Å²) in [6.07, 6.45) is 6.77. The molecular weight excluding hydrogens is 314 g/mol. The predicted molar refractivity (Wildman–Crippen MR) is 96.2 cm³/mol. The quantitative estimate of drug-likeness (QED) is 0.854. The molecule has 1 spiro atoms. The third-order valence-electron chi connectivity index (χ3n) is 5.24. The van der Waals surface area contributed by atoms with Gasteiger partial charge in [0.25, 0.3) is 5.91 Å². The number of carbonyl (C=O) groups excluding carboxylic acids is 1. The Kier molecular flexibility index (Phi) is 4.17. The third-order valence-corrected chi connectivity index (χ3v) is 5.24. The van der Waals surface area contributed by atoms with Crippen LogP contribution < -0.4 is 0 Å². The van der Waals surface area contributed by atoms with Crippen molar-refractivity contribution in [1.82, 2.24) is 15.1 Å². The van der Waals surface area contributed by atoms with Crippen LogP contribution in [0.2, 0.25) is 0 Å². The van der Waals surface area contributed by atoms with Crippen LogP contribution in [0.25, 0.3) is 11.3 Å². The standard InChI is InChI=1S/C20H23N3O2/c1-15-7-13-25-20(14-15)8-11-23(12-9-20)19(24)17-4-2-16(3-5-17)18-6-10-21-22-18/h2-6,10,14H,7-9,11-13H2,1H3,(H,21,22). The Labute approximate surface area is 147 Å². The van der Waals surface area contributed by atoms with Gasteiger partial charge < -0.3 is 9.64 Å². The van der Waals surface area contributed by atoms with Gasteiger partial charge in [0.2, 0.25) is 0 Å². The first kappa shape index (κ1) is 16.1. The Bertz CT molecular complexity index is 770. The lowest BCUT2D eigenvalue weighted by Crippen LogP contribution is -2.48. The smallest absolute Gasteiger partial charge is 0.253 e. The number of benzene rings is 1. The minimum Gasteiger partial charge on any atom is -0.370 e. The van der Waals surface area contributed by atoms with Crippen LogP contribution in [0.3, 0.4) is 0 Å². The molecule has 1 saturated heterocycles. The van der Waals surface area contributed by atoms with Crippen LogP contribution in [-0.2, 0) is 4.74 Å². The van der Waals surface area contributed by atoms with E-state index in [-0.39, 0.29) is 11.5 Å². The van der Waals surface area contributed by atoms with Crippen LogP contribution in [0.1, 0.15) is 36.5 Å². The summed E-state index contributed by atoms with van der Waals surface area (Å²) in [4.78, 5) is 14.7. The molecule has 2 aliphatic heterocycles. The lowest BCUT2D eigenvalue weighted by molar-refractivity contribution is -0.0522. The molecule has 0 aliphatic carbocycles. The second-order valence-electron chi connectivity index (χ2n) is 6.99. The third kappa shape index (κ3) is 3.24. The second-order valence-corrected chi connectivity index (χ2v) is 6.99. The average Bonchev–Trinajstić information content (AvgIpc) is 3.17. The Hall–Kier alpha value is -2.40. The Morgan fingerprint density at radius 3 is 2.60 bits per heavy atom. The topological polar surface area (TPSA) is 58.2 Å². The summed E-state index contributed by atoms with van der Waals surface area (Å²) in [5, 5.41) is 6.90. The molecule has 1 fully saturated rings. The van der Waals surface area contributed by atoms with Crippen molar-refractivity contribution in [3.05, 3.63) is 53.7 Å². The molecule has 1 amide bonds. The molecule has 0 unspecified atom stereocenters. The molecule has 0 bridgehead atoms. The number of carbonyl (C=O) groups is 1. The first-order valence-electron chi connectivity index (χ1n) is 8.87. The zero-order valence-electron chi connectivity index (χ0n) is 14.5. The van der Waals surface area contributed by atoms with E-state index >= 15 is 0 Å². The highest BCUT2D eigenvalue weighted by Crippen LogP contribution is 2.33. The summed E-state index contributed by atoms with van der Waals surface area (Å²) >= 11 is 0. The zero-order valence-corrected chi connectivity index (χ0v) is 14.5. The van der Waals surface area contributed by atoms with E-state index < -0.39 is 0 Å². The number of ether oxygens (including phenoxy) is 1. The molecule has 2 aliphatic rings. The van der Waals surface area contributed by atoms with Crippen molar-refractivity contribution in [3.63, 3.8) is 0 Å². The van der Waals surface area contributed by atoms with Crippen LogP contribution in [-0.4, -0.2) is 46.3 Å². The van der Waals surface area contributed by atoms with Gasteiger partial charge in [-0.15, -0.1) is 0 Å². The Morgan fingerprint density at radius 1 is 1.20 bits per heavy atom. The minimum absolute atomic E-state index is 0.0996. The summed E-state index contributed by atoms with van der Waals surface area (Å²) in [5.74, 6) is 0.0996. The van der Waals surface area contributed by atoms with Gasteiger partial charge in [0.1, 0.15) is 0 Å². The molecule has 5 heteroatoms. The van der Waals surface area contributed by atoms with E-state index in [9.17, 15) is 4.79 Å². The van der Waals surface area contributed by atoms with Crippen LogP contribution in [0.4, 0.5) is 0 Å². The SMILES string of the molecule is CC1=CC2(CCN(C(=O)c3ccc(-c4ccn[nH]4)cc3)CC2)OCC1. The van der Waals surface area contributed by atoms with Gasteiger partial charge >= 0.3 is 0 Å². The van der Waals surface area contributed by atoms with E-state index in [1.165, 1.54) is 5.57 Å². The molecule has 2 aromatic rings. The Balaban J connectivity index is 1.43. The number of hydrogen-bond donors (Lipinski definition) is 1. The minimum atomic E-state index is -0.149. The number of H-pyrrole nitrogens is 1. The van der Waals surface area contributed by atoms with Gasteiger partial charge in [-0.25, -0.2) is 0 Å². The van der Waals surface area contributed by atoms with Crippen LogP contribution in [0.5, 0.6) is 0 Å². The fourth-order valence-corrected chi connectivity index (χ4v) is 3.75. The number of nitrogens with one attached hydrogen (secondary N) is 1. The molecule has 1 aromatic heterocycles. The number of piperidine rings is 1. The van der Waals surface area contributed by atoms with E-state index in [0.717, 1.165) is 55.8 Å². The summed E-state index contributed by atoms with van der Waals surface area (Å²) < 4.78 is 6.04. The molecule has 4 rings (SSSR count). The van der Waals surface area contributed by atoms with Crippen molar-refractivity contribution in [2.24, 2.45) is 0 Å². The van der Waals surface area contributed by atoms with Crippen molar-refractivity contribution in [1.29, 1.82) is 0 Å².